The van der Waals surface area contributed by atoms with Crippen LogP contribution >= 0.6 is 0 Å². The summed E-state index contributed by atoms with van der Waals surface area (Å²) in [6.07, 6.45) is 4.57. The van der Waals surface area contributed by atoms with E-state index >= 15 is 0 Å². The van der Waals surface area contributed by atoms with E-state index in [1.165, 1.54) is 19.4 Å². The lowest BCUT2D eigenvalue weighted by Gasteiger charge is -2.27. The van der Waals surface area contributed by atoms with Crippen molar-refractivity contribution >= 4 is 16.6 Å². The Kier molecular flexibility index (Phi) is 7.01. The van der Waals surface area contributed by atoms with Crippen molar-refractivity contribution in [1.29, 1.82) is 0 Å². The first-order valence-corrected chi connectivity index (χ1v) is 15.2. The molecule has 3 nitrogen and oxygen atoms in total. The van der Waals surface area contributed by atoms with Crippen LogP contribution < -0.4 is 0 Å². The normalized spacial score (nSPS) is 18.6. The van der Waals surface area contributed by atoms with Gasteiger partial charge in [0.25, 0.3) is 0 Å². The van der Waals surface area contributed by atoms with Gasteiger partial charge in [0, 0.05) is 25.9 Å². The van der Waals surface area contributed by atoms with E-state index in [4.69, 9.17) is 8.85 Å². The van der Waals surface area contributed by atoms with E-state index in [1.54, 1.807) is 0 Å². The molecule has 0 N–H and O–H groups in total. The molecular formula is C16H35NO2Si2. The van der Waals surface area contributed by atoms with Crippen LogP contribution in [0.1, 0.15) is 32.6 Å². The predicted molar refractivity (Wildman–Crippen MR) is 96.5 cm³/mol. The lowest BCUT2D eigenvalue weighted by molar-refractivity contribution is 0.270. The Hall–Kier alpha value is -0.266. The zero-order valence-electron chi connectivity index (χ0n) is 15.2. The topological polar surface area (TPSA) is 21.7 Å². The molecule has 1 heterocycles. The molecule has 0 amide bonds. The van der Waals surface area contributed by atoms with E-state index < -0.39 is 16.6 Å². The minimum atomic E-state index is -1.57. The second-order valence-corrected chi connectivity index (χ2v) is 16.8. The lowest BCUT2D eigenvalue weighted by Crippen LogP contribution is -2.29. The van der Waals surface area contributed by atoms with Gasteiger partial charge in [-0.25, -0.2) is 0 Å². The number of nitrogens with zero attached hydrogens (tertiary/aromatic N) is 1. The number of rotatable bonds is 7. The molecule has 5 heteroatoms. The molecule has 0 aromatic carbocycles. The van der Waals surface area contributed by atoms with E-state index in [9.17, 15) is 0 Å². The molecule has 1 rings (SSSR count). The van der Waals surface area contributed by atoms with Gasteiger partial charge in [-0.2, -0.15) is 0 Å². The summed E-state index contributed by atoms with van der Waals surface area (Å²) in [5.74, 6) is 2.30. The van der Waals surface area contributed by atoms with Crippen LogP contribution in [-0.4, -0.2) is 41.2 Å². The summed E-state index contributed by atoms with van der Waals surface area (Å²) in [5, 5.41) is 0. The third-order valence-corrected chi connectivity index (χ3v) is 5.03. The van der Waals surface area contributed by atoms with Crippen LogP contribution in [0.5, 0.6) is 0 Å². The van der Waals surface area contributed by atoms with Gasteiger partial charge in [0.15, 0.2) is 0 Å². The molecule has 1 aliphatic heterocycles. The summed E-state index contributed by atoms with van der Waals surface area (Å²) >= 11 is 0. The summed E-state index contributed by atoms with van der Waals surface area (Å²) in [5.41, 5.74) is 0. The van der Waals surface area contributed by atoms with Crippen LogP contribution in [0.3, 0.4) is 0 Å². The predicted octanol–water partition coefficient (Wildman–Crippen LogP) is 4.80. The van der Waals surface area contributed by atoms with E-state index in [-0.39, 0.29) is 0 Å². The Morgan fingerprint density at radius 2 is 1.29 bits per heavy atom. The van der Waals surface area contributed by atoms with Crippen LogP contribution in [-0.2, 0) is 8.85 Å². The summed E-state index contributed by atoms with van der Waals surface area (Å²) < 4.78 is 12.7. The van der Waals surface area contributed by atoms with E-state index in [2.05, 4.69) is 51.1 Å². The van der Waals surface area contributed by atoms with Crippen molar-refractivity contribution in [2.45, 2.75) is 71.9 Å². The second kappa shape index (κ2) is 7.83. The van der Waals surface area contributed by atoms with Gasteiger partial charge in [0.2, 0.25) is 16.6 Å². The van der Waals surface area contributed by atoms with Gasteiger partial charge in [-0.15, -0.1) is 0 Å². The van der Waals surface area contributed by atoms with Crippen LogP contribution in [0.2, 0.25) is 39.3 Å². The Balaban J connectivity index is 2.80. The molecule has 0 spiro atoms. The van der Waals surface area contributed by atoms with Crippen molar-refractivity contribution in [1.82, 2.24) is 4.90 Å². The first-order chi connectivity index (χ1) is 9.61. The second-order valence-electron chi connectivity index (χ2n) is 7.97. The summed E-state index contributed by atoms with van der Waals surface area (Å²) in [6.45, 7) is 19.2. The Morgan fingerprint density at radius 3 is 1.62 bits per heavy atom. The molecular weight excluding hydrogens is 294 g/mol. The van der Waals surface area contributed by atoms with Gasteiger partial charge >= 0.3 is 0 Å². The van der Waals surface area contributed by atoms with Crippen molar-refractivity contribution in [3.63, 3.8) is 0 Å². The quantitative estimate of drug-likeness (QED) is 0.626. The molecule has 0 radical (unpaired) electrons. The standard InChI is InChI=1S/C16H35NO2Si2/c1-8-9-12-17-13-10-15(18-20(2,3)4)16(11-14-17)19-21(5,6)7/h8-14H2,1-7H3. The van der Waals surface area contributed by atoms with Crippen molar-refractivity contribution in [2.75, 3.05) is 19.6 Å². The minimum Gasteiger partial charge on any atom is -0.545 e. The van der Waals surface area contributed by atoms with Crippen molar-refractivity contribution < 1.29 is 8.85 Å². The van der Waals surface area contributed by atoms with Crippen molar-refractivity contribution in [3.05, 3.63) is 11.5 Å². The maximum absolute atomic E-state index is 6.36. The molecule has 0 bridgehead atoms. The molecule has 0 atom stereocenters. The smallest absolute Gasteiger partial charge is 0.241 e. The SMILES string of the molecule is CCCCN1CCC(O[Si](C)(C)C)=C(O[Si](C)(C)C)CC1. The molecule has 1 aliphatic rings. The largest absolute Gasteiger partial charge is 0.545 e. The van der Waals surface area contributed by atoms with Gasteiger partial charge < -0.3 is 13.8 Å². The molecule has 0 saturated carbocycles. The summed E-state index contributed by atoms with van der Waals surface area (Å²) in [6, 6.07) is 0. The first-order valence-electron chi connectivity index (χ1n) is 8.43. The van der Waals surface area contributed by atoms with Gasteiger partial charge in [0.1, 0.15) is 11.5 Å². The average molecular weight is 330 g/mol. The molecule has 0 unspecified atom stereocenters. The van der Waals surface area contributed by atoms with E-state index in [1.807, 2.05) is 0 Å². The zero-order valence-corrected chi connectivity index (χ0v) is 17.2. The van der Waals surface area contributed by atoms with Gasteiger partial charge in [-0.05, 0) is 52.2 Å². The van der Waals surface area contributed by atoms with Gasteiger partial charge in [0.05, 0.1) is 0 Å². The van der Waals surface area contributed by atoms with E-state index in [0.717, 1.165) is 37.4 Å². The van der Waals surface area contributed by atoms with Gasteiger partial charge in [-0.3, -0.25) is 0 Å². The van der Waals surface area contributed by atoms with Crippen LogP contribution in [0.4, 0.5) is 0 Å². The lowest BCUT2D eigenvalue weighted by atomic mass is 10.3. The number of hydrogen-bond acceptors (Lipinski definition) is 3. The minimum absolute atomic E-state index is 1.01. The zero-order chi connectivity index (χ0) is 16.1. The molecule has 0 saturated heterocycles. The highest BCUT2D eigenvalue weighted by Crippen LogP contribution is 2.26. The molecule has 0 fully saturated rings. The fourth-order valence-corrected chi connectivity index (χ4v) is 4.38. The molecule has 0 aliphatic carbocycles. The molecule has 0 aromatic heterocycles. The highest BCUT2D eigenvalue weighted by Gasteiger charge is 2.27. The van der Waals surface area contributed by atoms with Gasteiger partial charge in [-0.1, -0.05) is 13.3 Å². The van der Waals surface area contributed by atoms with Crippen LogP contribution in [0.25, 0.3) is 0 Å². The Morgan fingerprint density at radius 1 is 0.857 bits per heavy atom. The van der Waals surface area contributed by atoms with Crippen molar-refractivity contribution in [3.8, 4) is 0 Å². The molecule has 21 heavy (non-hydrogen) atoms. The average Bonchev–Trinajstić information content (AvgIpc) is 2.47. The summed E-state index contributed by atoms with van der Waals surface area (Å²) in [7, 11) is -3.15. The Bertz CT molecular complexity index is 326. The third-order valence-electron chi connectivity index (χ3n) is 3.31. The molecule has 0 aromatic rings. The van der Waals surface area contributed by atoms with E-state index in [0.29, 0.717) is 0 Å². The fraction of sp³-hybridized carbons (Fsp3) is 0.875. The first kappa shape index (κ1) is 18.8. The third kappa shape index (κ3) is 8.07. The maximum atomic E-state index is 6.36. The highest BCUT2D eigenvalue weighted by atomic mass is 28.4. The summed E-state index contributed by atoms with van der Waals surface area (Å²) in [4.78, 5) is 2.57. The fourth-order valence-electron chi connectivity index (χ4n) is 2.47. The van der Waals surface area contributed by atoms with Crippen LogP contribution in [0, 0.1) is 0 Å². The maximum Gasteiger partial charge on any atom is 0.241 e. The monoisotopic (exact) mass is 329 g/mol. The molecule has 124 valence electrons. The number of hydrogen-bond donors (Lipinski definition) is 0. The van der Waals surface area contributed by atoms with Crippen molar-refractivity contribution in [2.24, 2.45) is 0 Å². The number of unbranched alkanes of at least 4 members (excludes halogenated alkanes) is 1. The Labute approximate surface area is 134 Å². The highest BCUT2D eigenvalue weighted by molar-refractivity contribution is 6.70. The van der Waals surface area contributed by atoms with Crippen LogP contribution in [0.15, 0.2) is 11.5 Å².